The molecule has 2 aromatic carbocycles. The number of nitrogens with zero attached hydrogens (tertiary/aromatic N) is 1. The molecule has 0 unspecified atom stereocenters. The molecule has 0 amide bonds. The van der Waals surface area contributed by atoms with E-state index in [-0.39, 0.29) is 23.7 Å². The zero-order valence-electron chi connectivity index (χ0n) is 15.5. The van der Waals surface area contributed by atoms with E-state index >= 15 is 0 Å². The topological polar surface area (TPSA) is 117 Å². The monoisotopic (exact) mass is 464 g/mol. The van der Waals surface area contributed by atoms with Crippen molar-refractivity contribution in [3.05, 3.63) is 74.4 Å². The molecule has 2 rings (SSSR count). The lowest BCUT2D eigenvalue weighted by Gasteiger charge is -2.13. The van der Waals surface area contributed by atoms with Crippen LogP contribution in [0.1, 0.15) is 5.56 Å². The minimum Gasteiger partial charge on any atom is -0.488 e. The molecule has 2 aromatic rings. The Bertz CT molecular complexity index is 945. The molecule has 9 nitrogen and oxygen atoms in total. The number of benzene rings is 2. The minimum absolute atomic E-state index is 0.0678. The van der Waals surface area contributed by atoms with Crippen molar-refractivity contribution in [3.8, 4) is 5.75 Å². The Hall–Kier alpha value is -3.40. The van der Waals surface area contributed by atoms with E-state index in [0.717, 1.165) is 25.9 Å². The van der Waals surface area contributed by atoms with Gasteiger partial charge in [0.2, 0.25) is 0 Å². The van der Waals surface area contributed by atoms with Crippen molar-refractivity contribution in [2.45, 2.75) is 6.61 Å². The van der Waals surface area contributed by atoms with Crippen molar-refractivity contribution in [1.82, 2.24) is 0 Å². The maximum absolute atomic E-state index is 11.9. The van der Waals surface area contributed by atoms with Gasteiger partial charge in [-0.3, -0.25) is 10.1 Å². The highest BCUT2D eigenvalue weighted by atomic mass is 79.9. The van der Waals surface area contributed by atoms with E-state index in [0.29, 0.717) is 10.2 Å². The standard InChI is InChI=1S/C19H17BrN2O7/c1-27-18(23)10-15(19(24)28-2)21-14-9-17(13(20)8-16(14)22(25)26)29-11-12-6-4-3-5-7-12/h3-10,21H,11H2,1-2H3/b15-10+. The molecule has 0 heterocycles. The van der Waals surface area contributed by atoms with Crippen LogP contribution in [0.25, 0.3) is 0 Å². The lowest BCUT2D eigenvalue weighted by atomic mass is 10.2. The summed E-state index contributed by atoms with van der Waals surface area (Å²) in [5.41, 5.74) is 0.150. The predicted octanol–water partition coefficient (Wildman–Crippen LogP) is 3.58. The van der Waals surface area contributed by atoms with Gasteiger partial charge in [-0.1, -0.05) is 30.3 Å². The molecule has 0 aliphatic carbocycles. The fourth-order valence-corrected chi connectivity index (χ4v) is 2.66. The third kappa shape index (κ3) is 6.04. The lowest BCUT2D eigenvalue weighted by molar-refractivity contribution is -0.384. The molecule has 0 aliphatic heterocycles. The van der Waals surface area contributed by atoms with Crippen LogP contribution in [0.15, 0.2) is 58.7 Å². The smallest absolute Gasteiger partial charge is 0.354 e. The number of nitro groups is 1. The number of methoxy groups -OCH3 is 2. The Morgan fingerprint density at radius 1 is 1.17 bits per heavy atom. The summed E-state index contributed by atoms with van der Waals surface area (Å²) in [6.07, 6.45) is 0.835. The van der Waals surface area contributed by atoms with Crippen LogP contribution in [0.2, 0.25) is 0 Å². The first-order valence-corrected chi connectivity index (χ1v) is 8.94. The summed E-state index contributed by atoms with van der Waals surface area (Å²) >= 11 is 3.25. The largest absolute Gasteiger partial charge is 0.488 e. The van der Waals surface area contributed by atoms with Crippen molar-refractivity contribution in [3.63, 3.8) is 0 Å². The van der Waals surface area contributed by atoms with Gasteiger partial charge < -0.3 is 19.5 Å². The molecule has 0 aliphatic rings. The SMILES string of the molecule is COC(=O)/C=C(/Nc1cc(OCc2ccccc2)c(Br)cc1[N+](=O)[O-])C(=O)OC. The van der Waals surface area contributed by atoms with E-state index < -0.39 is 16.9 Å². The highest BCUT2D eigenvalue weighted by molar-refractivity contribution is 9.10. The summed E-state index contributed by atoms with van der Waals surface area (Å²) < 4.78 is 15.2. The minimum atomic E-state index is -0.903. The van der Waals surface area contributed by atoms with Crippen molar-refractivity contribution < 1.29 is 28.7 Å². The summed E-state index contributed by atoms with van der Waals surface area (Å²) in [7, 11) is 2.24. The first-order chi connectivity index (χ1) is 13.8. The molecule has 0 aromatic heterocycles. The number of anilines is 1. The highest BCUT2D eigenvalue weighted by Gasteiger charge is 2.22. The van der Waals surface area contributed by atoms with Crippen LogP contribution in [-0.4, -0.2) is 31.1 Å². The first-order valence-electron chi connectivity index (χ1n) is 8.15. The number of carbonyl (C=O) groups excluding carboxylic acids is 2. The number of nitrogens with one attached hydrogen (secondary N) is 1. The molecular weight excluding hydrogens is 448 g/mol. The van der Waals surface area contributed by atoms with E-state index in [9.17, 15) is 19.7 Å². The molecule has 10 heteroatoms. The average molecular weight is 465 g/mol. The summed E-state index contributed by atoms with van der Waals surface area (Å²) in [6, 6.07) is 11.9. The zero-order chi connectivity index (χ0) is 21.4. The Balaban J connectivity index is 2.39. The van der Waals surface area contributed by atoms with Gasteiger partial charge >= 0.3 is 11.9 Å². The molecule has 0 bridgehead atoms. The second kappa shape index (κ2) is 10.2. The number of rotatable bonds is 8. The van der Waals surface area contributed by atoms with Gasteiger partial charge in [-0.05, 0) is 21.5 Å². The third-order valence-corrected chi connectivity index (χ3v) is 4.24. The van der Waals surface area contributed by atoms with E-state index in [4.69, 9.17) is 4.74 Å². The number of hydrogen-bond acceptors (Lipinski definition) is 8. The number of nitro benzene ring substituents is 1. The van der Waals surface area contributed by atoms with Crippen LogP contribution in [0.3, 0.4) is 0 Å². The third-order valence-electron chi connectivity index (χ3n) is 3.62. The van der Waals surface area contributed by atoms with E-state index in [2.05, 4.69) is 30.7 Å². The molecule has 0 fully saturated rings. The molecule has 1 N–H and O–H groups in total. The Kier molecular flexibility index (Phi) is 7.72. The fourth-order valence-electron chi connectivity index (χ4n) is 2.22. The van der Waals surface area contributed by atoms with Gasteiger partial charge in [-0.15, -0.1) is 0 Å². The summed E-state index contributed by atoms with van der Waals surface area (Å²) in [5, 5.41) is 14.0. The van der Waals surface area contributed by atoms with Crippen LogP contribution in [0, 0.1) is 10.1 Å². The van der Waals surface area contributed by atoms with Crippen LogP contribution in [0.5, 0.6) is 5.75 Å². The number of ether oxygens (including phenoxy) is 3. The molecule has 29 heavy (non-hydrogen) atoms. The second-order valence-corrected chi connectivity index (χ2v) is 6.38. The molecule has 0 saturated heterocycles. The van der Waals surface area contributed by atoms with E-state index in [1.54, 1.807) is 0 Å². The first kappa shape index (κ1) is 21.9. The van der Waals surface area contributed by atoms with Gasteiger partial charge in [0.15, 0.2) is 0 Å². The van der Waals surface area contributed by atoms with Gasteiger partial charge in [0.05, 0.1) is 29.7 Å². The summed E-state index contributed by atoms with van der Waals surface area (Å²) in [5.74, 6) is -1.44. The average Bonchev–Trinajstić information content (AvgIpc) is 2.72. The maximum Gasteiger partial charge on any atom is 0.354 e. The van der Waals surface area contributed by atoms with Crippen LogP contribution in [0.4, 0.5) is 11.4 Å². The van der Waals surface area contributed by atoms with Crippen molar-refractivity contribution in [2.24, 2.45) is 0 Å². The van der Waals surface area contributed by atoms with Gasteiger partial charge in [0, 0.05) is 12.1 Å². The molecule has 0 radical (unpaired) electrons. The van der Waals surface area contributed by atoms with Gasteiger partial charge in [0.25, 0.3) is 5.69 Å². The number of hydrogen-bond donors (Lipinski definition) is 1. The summed E-state index contributed by atoms with van der Waals surface area (Å²) in [6.45, 7) is 0.221. The quantitative estimate of drug-likeness (QED) is 0.272. The maximum atomic E-state index is 11.9. The number of carbonyl (C=O) groups is 2. The van der Waals surface area contributed by atoms with Crippen molar-refractivity contribution in [2.75, 3.05) is 19.5 Å². The normalized spacial score (nSPS) is 10.8. The molecular formula is C19H17BrN2O7. The van der Waals surface area contributed by atoms with Crippen LogP contribution in [-0.2, 0) is 25.7 Å². The summed E-state index contributed by atoms with van der Waals surface area (Å²) in [4.78, 5) is 34.3. The highest BCUT2D eigenvalue weighted by Crippen LogP contribution is 2.37. The number of halogens is 1. The van der Waals surface area contributed by atoms with Gasteiger partial charge in [-0.2, -0.15) is 0 Å². The second-order valence-electron chi connectivity index (χ2n) is 5.53. The molecule has 0 saturated carbocycles. The zero-order valence-corrected chi connectivity index (χ0v) is 17.1. The fraction of sp³-hybridized carbons (Fsp3) is 0.158. The molecule has 0 atom stereocenters. The van der Waals surface area contributed by atoms with E-state index in [1.807, 2.05) is 30.3 Å². The molecule has 0 spiro atoms. The lowest BCUT2D eigenvalue weighted by Crippen LogP contribution is -2.16. The Morgan fingerprint density at radius 2 is 1.86 bits per heavy atom. The van der Waals surface area contributed by atoms with Gasteiger partial charge in [0.1, 0.15) is 23.7 Å². The predicted molar refractivity (Wildman–Crippen MR) is 107 cm³/mol. The Morgan fingerprint density at radius 3 is 2.45 bits per heavy atom. The number of esters is 2. The van der Waals surface area contributed by atoms with Crippen LogP contribution >= 0.6 is 15.9 Å². The van der Waals surface area contributed by atoms with Crippen molar-refractivity contribution >= 4 is 39.2 Å². The van der Waals surface area contributed by atoms with Crippen molar-refractivity contribution in [1.29, 1.82) is 0 Å². The van der Waals surface area contributed by atoms with Crippen LogP contribution < -0.4 is 10.1 Å². The van der Waals surface area contributed by atoms with E-state index in [1.165, 1.54) is 12.1 Å². The Labute approximate surface area is 174 Å². The molecule has 152 valence electrons. The van der Waals surface area contributed by atoms with Gasteiger partial charge in [-0.25, -0.2) is 9.59 Å².